The monoisotopic (exact) mass is 361 g/mol. The van der Waals surface area contributed by atoms with Crippen LogP contribution in [0.15, 0.2) is 16.7 Å². The van der Waals surface area contributed by atoms with E-state index in [4.69, 9.17) is 4.74 Å². The van der Waals surface area contributed by atoms with Crippen LogP contribution in [0.3, 0.4) is 0 Å². The Kier molecular flexibility index (Phi) is 5.19. The van der Waals surface area contributed by atoms with Crippen molar-refractivity contribution in [2.45, 2.75) is 12.6 Å². The van der Waals surface area contributed by atoms with Crippen molar-refractivity contribution < 1.29 is 26.3 Å². The summed E-state index contributed by atoms with van der Waals surface area (Å²) in [5.41, 5.74) is -0.888. The van der Waals surface area contributed by atoms with E-state index in [9.17, 15) is 21.6 Å². The van der Waals surface area contributed by atoms with E-state index in [-0.39, 0.29) is 29.1 Å². The maximum Gasteiger partial charge on any atom is 0.417 e. The Bertz CT molecular complexity index is 545. The van der Waals surface area contributed by atoms with Gasteiger partial charge < -0.3 is 4.74 Å². The van der Waals surface area contributed by atoms with Crippen molar-refractivity contribution in [3.8, 4) is 5.88 Å². The molecule has 0 radical (unpaired) electrons. The molecule has 1 heterocycles. The molecule has 0 saturated heterocycles. The first kappa shape index (κ1) is 16.2. The fourth-order valence-electron chi connectivity index (χ4n) is 1.21. The number of halogens is 4. The summed E-state index contributed by atoms with van der Waals surface area (Å²) in [6.07, 6.45) is -2.24. The van der Waals surface area contributed by atoms with Gasteiger partial charge in [0.05, 0.1) is 17.9 Å². The molecule has 9 heteroatoms. The molecule has 0 spiro atoms. The third kappa shape index (κ3) is 5.77. The van der Waals surface area contributed by atoms with Crippen molar-refractivity contribution in [2.24, 2.45) is 0 Å². The fraction of sp³-hybridized carbons (Fsp3) is 0.500. The predicted molar refractivity (Wildman–Crippen MR) is 66.8 cm³/mol. The van der Waals surface area contributed by atoms with Crippen LogP contribution in [0.4, 0.5) is 13.2 Å². The summed E-state index contributed by atoms with van der Waals surface area (Å²) >= 11 is 2.76. The van der Waals surface area contributed by atoms with Crippen LogP contribution >= 0.6 is 15.9 Å². The minimum Gasteiger partial charge on any atom is -0.478 e. The Morgan fingerprint density at radius 2 is 2.05 bits per heavy atom. The van der Waals surface area contributed by atoms with Crippen molar-refractivity contribution in [3.05, 3.63) is 22.3 Å². The van der Waals surface area contributed by atoms with Crippen LogP contribution in [0.25, 0.3) is 0 Å². The summed E-state index contributed by atoms with van der Waals surface area (Å²) in [5.74, 6) is -0.278. The van der Waals surface area contributed by atoms with E-state index in [2.05, 4.69) is 20.9 Å². The average molecular weight is 362 g/mol. The Morgan fingerprint density at radius 3 is 2.58 bits per heavy atom. The van der Waals surface area contributed by atoms with Crippen LogP contribution in [0.5, 0.6) is 5.88 Å². The predicted octanol–water partition coefficient (Wildman–Crippen LogP) is 2.68. The van der Waals surface area contributed by atoms with Gasteiger partial charge in [-0.25, -0.2) is 13.4 Å². The summed E-state index contributed by atoms with van der Waals surface area (Å²) in [6, 6.07) is 0.768. The van der Waals surface area contributed by atoms with E-state index in [1.54, 1.807) is 0 Å². The fourth-order valence-corrected chi connectivity index (χ4v) is 2.30. The lowest BCUT2D eigenvalue weighted by Crippen LogP contribution is -2.10. The second-order valence-electron chi connectivity index (χ2n) is 3.83. The summed E-state index contributed by atoms with van der Waals surface area (Å²) in [4.78, 5) is 3.67. The van der Waals surface area contributed by atoms with E-state index in [1.807, 2.05) is 0 Å². The molecule has 0 fully saturated rings. The molecular formula is C10H11BrF3NO3S. The highest BCUT2D eigenvalue weighted by Gasteiger charge is 2.33. The van der Waals surface area contributed by atoms with Crippen LogP contribution in [0.2, 0.25) is 0 Å². The Morgan fingerprint density at radius 1 is 1.42 bits per heavy atom. The SMILES string of the molecule is CS(=O)(=O)CCCOc1cc(C(F)(F)F)c(Br)cn1. The zero-order valence-corrected chi connectivity index (χ0v) is 12.3. The smallest absolute Gasteiger partial charge is 0.417 e. The molecule has 0 unspecified atom stereocenters. The van der Waals surface area contributed by atoms with E-state index in [1.165, 1.54) is 0 Å². The molecule has 0 amide bonds. The van der Waals surface area contributed by atoms with Gasteiger partial charge in [0.15, 0.2) is 0 Å². The van der Waals surface area contributed by atoms with Crippen molar-refractivity contribution in [3.63, 3.8) is 0 Å². The van der Waals surface area contributed by atoms with Crippen LogP contribution in [-0.2, 0) is 16.0 Å². The van der Waals surface area contributed by atoms with E-state index < -0.39 is 21.6 Å². The molecule has 0 saturated carbocycles. The van der Waals surface area contributed by atoms with Gasteiger partial charge in [0, 0.05) is 23.0 Å². The first-order chi connectivity index (χ1) is 8.59. The standard InChI is InChI=1S/C10H11BrF3NO3S/c1-19(16,17)4-2-3-18-9-5-7(10(12,13)14)8(11)6-15-9/h5-6H,2-4H2,1H3. The summed E-state index contributed by atoms with van der Waals surface area (Å²) in [7, 11) is -3.10. The molecule has 0 aliphatic carbocycles. The van der Waals surface area contributed by atoms with Gasteiger partial charge in [0.25, 0.3) is 0 Å². The topological polar surface area (TPSA) is 56.3 Å². The van der Waals surface area contributed by atoms with Gasteiger partial charge in [-0.05, 0) is 22.4 Å². The Hall–Kier alpha value is -0.830. The van der Waals surface area contributed by atoms with Gasteiger partial charge in [-0.3, -0.25) is 0 Å². The number of rotatable bonds is 5. The molecule has 19 heavy (non-hydrogen) atoms. The highest BCUT2D eigenvalue weighted by molar-refractivity contribution is 9.10. The van der Waals surface area contributed by atoms with Gasteiger partial charge in [-0.2, -0.15) is 13.2 Å². The number of pyridine rings is 1. The minimum atomic E-state index is -4.51. The lowest BCUT2D eigenvalue weighted by Gasteiger charge is -2.11. The third-order valence-electron chi connectivity index (χ3n) is 2.05. The van der Waals surface area contributed by atoms with Crippen LogP contribution in [0, 0.1) is 0 Å². The molecule has 0 bridgehead atoms. The molecule has 0 aliphatic rings. The van der Waals surface area contributed by atoms with Gasteiger partial charge in [0.2, 0.25) is 5.88 Å². The number of nitrogens with zero attached hydrogens (tertiary/aromatic N) is 1. The van der Waals surface area contributed by atoms with Crippen molar-refractivity contribution in [2.75, 3.05) is 18.6 Å². The van der Waals surface area contributed by atoms with Crippen molar-refractivity contribution in [1.29, 1.82) is 0 Å². The van der Waals surface area contributed by atoms with E-state index in [0.717, 1.165) is 18.5 Å². The second kappa shape index (κ2) is 6.08. The van der Waals surface area contributed by atoms with Crippen LogP contribution < -0.4 is 4.74 Å². The second-order valence-corrected chi connectivity index (χ2v) is 6.95. The molecule has 0 N–H and O–H groups in total. The molecule has 0 aliphatic heterocycles. The highest BCUT2D eigenvalue weighted by atomic mass is 79.9. The number of aromatic nitrogens is 1. The van der Waals surface area contributed by atoms with Crippen molar-refractivity contribution in [1.82, 2.24) is 4.98 Å². The number of alkyl halides is 3. The lowest BCUT2D eigenvalue weighted by molar-refractivity contribution is -0.138. The van der Waals surface area contributed by atoms with Gasteiger partial charge in [-0.15, -0.1) is 0 Å². The molecule has 4 nitrogen and oxygen atoms in total. The minimum absolute atomic E-state index is 0.0149. The maximum absolute atomic E-state index is 12.6. The summed E-state index contributed by atoms with van der Waals surface area (Å²) < 4.78 is 64.3. The van der Waals surface area contributed by atoms with Gasteiger partial charge in [-0.1, -0.05) is 0 Å². The average Bonchev–Trinajstić information content (AvgIpc) is 2.23. The molecular weight excluding hydrogens is 351 g/mol. The zero-order chi connectivity index (χ0) is 14.7. The molecule has 0 atom stereocenters. The molecule has 1 aromatic heterocycles. The third-order valence-corrected chi connectivity index (χ3v) is 3.71. The van der Waals surface area contributed by atoms with Gasteiger partial charge in [0.1, 0.15) is 9.84 Å². The number of sulfone groups is 1. The largest absolute Gasteiger partial charge is 0.478 e. The van der Waals surface area contributed by atoms with Crippen LogP contribution in [-0.4, -0.2) is 32.0 Å². The first-order valence-corrected chi connectivity index (χ1v) is 7.98. The van der Waals surface area contributed by atoms with Gasteiger partial charge >= 0.3 is 6.18 Å². The summed E-state index contributed by atoms with van der Waals surface area (Å²) in [5, 5.41) is 0. The van der Waals surface area contributed by atoms with Crippen LogP contribution in [0.1, 0.15) is 12.0 Å². The van der Waals surface area contributed by atoms with E-state index in [0.29, 0.717) is 0 Å². The molecule has 1 rings (SSSR count). The van der Waals surface area contributed by atoms with Crippen molar-refractivity contribution >= 4 is 25.8 Å². The normalized spacial score (nSPS) is 12.5. The number of ether oxygens (including phenoxy) is 1. The summed E-state index contributed by atoms with van der Waals surface area (Å²) in [6.45, 7) is -0.0149. The Balaban J connectivity index is 2.66. The van der Waals surface area contributed by atoms with E-state index >= 15 is 0 Å². The quantitative estimate of drug-likeness (QED) is 0.756. The number of hydrogen-bond donors (Lipinski definition) is 0. The first-order valence-electron chi connectivity index (χ1n) is 5.13. The molecule has 108 valence electrons. The number of hydrogen-bond acceptors (Lipinski definition) is 4. The lowest BCUT2D eigenvalue weighted by atomic mass is 10.2. The highest BCUT2D eigenvalue weighted by Crippen LogP contribution is 2.35. The zero-order valence-electron chi connectivity index (χ0n) is 9.87. The molecule has 1 aromatic rings. The Labute approximate surface area is 117 Å². The molecule has 0 aromatic carbocycles. The maximum atomic E-state index is 12.6.